The third-order valence-corrected chi connectivity index (χ3v) is 5.47. The van der Waals surface area contributed by atoms with Crippen LogP contribution in [0.15, 0.2) is 18.3 Å². The number of anilines is 3. The maximum atomic E-state index is 14.4. The summed E-state index contributed by atoms with van der Waals surface area (Å²) in [5.41, 5.74) is -0.711. The van der Waals surface area contributed by atoms with Crippen LogP contribution in [0.3, 0.4) is 0 Å². The SMILES string of the molecule is [2H]C1OCC([2H])(n2c(Nc3c(F)cc(F)cc3F)nc3cnc(NC4CCC(O)CC4)nc32)C1([2H])[2H]. The lowest BCUT2D eigenvalue weighted by Gasteiger charge is -2.26. The smallest absolute Gasteiger partial charge is 0.224 e. The Kier molecular flexibility index (Phi) is 4.45. The van der Waals surface area contributed by atoms with E-state index in [2.05, 4.69) is 25.6 Å². The minimum absolute atomic E-state index is 0.0222. The second kappa shape index (κ2) is 8.55. The van der Waals surface area contributed by atoms with Crippen LogP contribution in [0.2, 0.25) is 0 Å². The van der Waals surface area contributed by atoms with Crippen LogP contribution >= 0.6 is 0 Å². The van der Waals surface area contributed by atoms with E-state index in [4.69, 9.17) is 10.2 Å². The second-order valence-corrected chi connectivity index (χ2v) is 7.71. The van der Waals surface area contributed by atoms with Gasteiger partial charge in [-0.2, -0.15) is 4.98 Å². The first-order valence-corrected chi connectivity index (χ1v) is 10.2. The molecule has 0 amide bonds. The summed E-state index contributed by atoms with van der Waals surface area (Å²) in [6, 6.07) is -1.39. The van der Waals surface area contributed by atoms with Gasteiger partial charge < -0.3 is 20.5 Å². The first kappa shape index (κ1) is 16.7. The fourth-order valence-electron chi connectivity index (χ4n) is 3.86. The quantitative estimate of drug-likeness (QED) is 0.544. The number of aliphatic hydroxyl groups excluding tert-OH is 1. The zero-order valence-electron chi connectivity index (χ0n) is 20.8. The Labute approximate surface area is 187 Å². The van der Waals surface area contributed by atoms with Crippen molar-refractivity contribution in [1.82, 2.24) is 19.5 Å². The maximum absolute atomic E-state index is 14.4. The number of fused-ring (bicyclic) bond motifs is 1. The van der Waals surface area contributed by atoms with Crippen LogP contribution in [0, 0.1) is 17.5 Å². The Morgan fingerprint density at radius 3 is 2.59 bits per heavy atom. The Morgan fingerprint density at radius 1 is 1.16 bits per heavy atom. The molecule has 3 aromatic rings. The van der Waals surface area contributed by atoms with Gasteiger partial charge in [-0.3, -0.25) is 4.57 Å². The number of imidazole rings is 1. The standard InChI is InChI=1S/C21H23F3N6O2/c22-11-7-15(23)18(16(24)8-11)28-21-27-17-9-25-20(26-12-1-3-14(31)4-2-12)29-19(17)30(21)13-5-6-32-10-13/h7-9,12-14,31H,1-6,10H2,(H,27,28)(H,25,26,29)/i5D2,6D,13D. The molecular formula is C21H23F3N6O2. The summed E-state index contributed by atoms with van der Waals surface area (Å²) in [6.07, 6.45) is 0.953. The van der Waals surface area contributed by atoms with Gasteiger partial charge >= 0.3 is 0 Å². The lowest BCUT2D eigenvalue weighted by molar-refractivity contribution is 0.126. The van der Waals surface area contributed by atoms with Gasteiger partial charge in [0.25, 0.3) is 0 Å². The highest BCUT2D eigenvalue weighted by molar-refractivity contribution is 5.76. The molecule has 1 aliphatic carbocycles. The highest BCUT2D eigenvalue weighted by atomic mass is 19.1. The number of aromatic nitrogens is 4. The van der Waals surface area contributed by atoms with Gasteiger partial charge in [-0.15, -0.1) is 0 Å². The van der Waals surface area contributed by atoms with Crippen LogP contribution in [0.1, 0.15) is 43.6 Å². The van der Waals surface area contributed by atoms with Crippen molar-refractivity contribution < 1.29 is 28.5 Å². The fourth-order valence-corrected chi connectivity index (χ4v) is 3.86. The summed E-state index contributed by atoms with van der Waals surface area (Å²) in [4.78, 5) is 12.9. The van der Waals surface area contributed by atoms with Gasteiger partial charge in [0.2, 0.25) is 11.9 Å². The van der Waals surface area contributed by atoms with E-state index in [1.165, 1.54) is 6.20 Å². The number of nitrogens with zero attached hydrogens (tertiary/aromatic N) is 4. The highest BCUT2D eigenvalue weighted by Crippen LogP contribution is 2.32. The summed E-state index contributed by atoms with van der Waals surface area (Å²) in [5, 5.41) is 15.3. The van der Waals surface area contributed by atoms with Gasteiger partial charge in [-0.25, -0.2) is 23.1 Å². The number of hydrogen-bond acceptors (Lipinski definition) is 7. The van der Waals surface area contributed by atoms with E-state index in [-0.39, 0.29) is 35.2 Å². The van der Waals surface area contributed by atoms with Crippen molar-refractivity contribution in [3.8, 4) is 0 Å². The minimum atomic E-state index is -2.57. The number of benzene rings is 1. The average Bonchev–Trinajstić information content (AvgIpc) is 3.27. The molecule has 3 heterocycles. The van der Waals surface area contributed by atoms with E-state index in [1.54, 1.807) is 0 Å². The zero-order valence-corrected chi connectivity index (χ0v) is 16.8. The Morgan fingerprint density at radius 2 is 1.91 bits per heavy atom. The number of halogens is 3. The molecule has 2 aliphatic rings. The molecule has 0 radical (unpaired) electrons. The molecule has 32 heavy (non-hydrogen) atoms. The molecule has 2 unspecified atom stereocenters. The van der Waals surface area contributed by atoms with Gasteiger partial charge in [-0.05, 0) is 32.1 Å². The molecule has 170 valence electrons. The molecule has 1 saturated carbocycles. The summed E-state index contributed by atoms with van der Waals surface area (Å²) in [5.74, 6) is -3.86. The van der Waals surface area contributed by atoms with Crippen LogP contribution in [-0.2, 0) is 4.74 Å². The second-order valence-electron chi connectivity index (χ2n) is 7.71. The normalized spacial score (nSPS) is 31.6. The largest absolute Gasteiger partial charge is 0.393 e. The van der Waals surface area contributed by atoms with Crippen LogP contribution in [-0.4, -0.2) is 50.0 Å². The Hall–Kier alpha value is -2.92. The van der Waals surface area contributed by atoms with Gasteiger partial charge in [0.15, 0.2) is 17.3 Å². The fraction of sp³-hybridized carbons (Fsp3) is 0.476. The van der Waals surface area contributed by atoms with Gasteiger partial charge in [0.1, 0.15) is 17.0 Å². The molecule has 3 N–H and O–H groups in total. The van der Waals surface area contributed by atoms with E-state index < -0.39 is 48.7 Å². The molecule has 11 heteroatoms. The van der Waals surface area contributed by atoms with Crippen molar-refractivity contribution in [3.63, 3.8) is 0 Å². The number of aliphatic hydroxyl groups is 1. The van der Waals surface area contributed by atoms with E-state index in [0.29, 0.717) is 37.8 Å². The predicted molar refractivity (Wildman–Crippen MR) is 111 cm³/mol. The summed E-state index contributed by atoms with van der Waals surface area (Å²) in [7, 11) is 0. The molecule has 5 rings (SSSR count). The third-order valence-electron chi connectivity index (χ3n) is 5.47. The van der Waals surface area contributed by atoms with Crippen molar-refractivity contribution in [2.24, 2.45) is 0 Å². The minimum Gasteiger partial charge on any atom is -0.393 e. The van der Waals surface area contributed by atoms with Crippen molar-refractivity contribution >= 4 is 28.7 Å². The summed E-state index contributed by atoms with van der Waals surface area (Å²) >= 11 is 0. The summed E-state index contributed by atoms with van der Waals surface area (Å²) < 4.78 is 82.0. The first-order chi connectivity index (χ1) is 17.0. The number of hydrogen-bond donors (Lipinski definition) is 3. The van der Waals surface area contributed by atoms with E-state index in [9.17, 15) is 18.3 Å². The van der Waals surface area contributed by atoms with Crippen molar-refractivity contribution in [1.29, 1.82) is 0 Å². The monoisotopic (exact) mass is 452 g/mol. The molecule has 0 spiro atoms. The first-order valence-electron chi connectivity index (χ1n) is 12.2. The van der Waals surface area contributed by atoms with Gasteiger partial charge in [0, 0.05) is 27.5 Å². The molecule has 8 nitrogen and oxygen atoms in total. The highest BCUT2D eigenvalue weighted by Gasteiger charge is 2.27. The molecule has 1 saturated heterocycles. The third kappa shape index (κ3) is 4.09. The molecule has 2 atom stereocenters. The number of nitrogens with one attached hydrogen (secondary N) is 2. The van der Waals surface area contributed by atoms with Crippen LogP contribution in [0.25, 0.3) is 11.2 Å². The van der Waals surface area contributed by atoms with Gasteiger partial charge in [-0.1, -0.05) is 0 Å². The van der Waals surface area contributed by atoms with E-state index in [1.807, 2.05) is 0 Å². The van der Waals surface area contributed by atoms with E-state index >= 15 is 0 Å². The lowest BCUT2D eigenvalue weighted by atomic mass is 9.93. The van der Waals surface area contributed by atoms with E-state index in [0.717, 1.165) is 4.57 Å². The predicted octanol–water partition coefficient (Wildman–Crippen LogP) is 3.66. The zero-order chi connectivity index (χ0) is 25.8. The molecule has 1 aliphatic heterocycles. The lowest BCUT2D eigenvalue weighted by Crippen LogP contribution is -2.29. The van der Waals surface area contributed by atoms with Crippen molar-refractivity contribution in [2.45, 2.75) is 50.2 Å². The molecule has 2 fully saturated rings. The number of ether oxygens (including phenoxy) is 1. The van der Waals surface area contributed by atoms with Crippen LogP contribution < -0.4 is 10.6 Å². The van der Waals surface area contributed by atoms with Crippen molar-refractivity contribution in [3.05, 3.63) is 35.8 Å². The molecular weight excluding hydrogens is 425 g/mol. The van der Waals surface area contributed by atoms with Crippen molar-refractivity contribution in [2.75, 3.05) is 23.8 Å². The Balaban J connectivity index is 1.62. The average molecular weight is 452 g/mol. The van der Waals surface area contributed by atoms with Gasteiger partial charge in [0.05, 0.1) is 27.7 Å². The molecule has 1 aromatic carbocycles. The molecule has 0 bridgehead atoms. The van der Waals surface area contributed by atoms with Crippen LogP contribution in [0.5, 0.6) is 0 Å². The maximum Gasteiger partial charge on any atom is 0.224 e. The summed E-state index contributed by atoms with van der Waals surface area (Å²) in [6.45, 7) is -2.29. The number of rotatable bonds is 5. The molecule has 2 aromatic heterocycles. The Bertz CT molecular complexity index is 1280. The van der Waals surface area contributed by atoms with Crippen LogP contribution in [0.4, 0.5) is 30.8 Å². The topological polar surface area (TPSA) is 97.1 Å².